The van der Waals surface area contributed by atoms with Crippen molar-refractivity contribution in [1.82, 2.24) is 20.1 Å². The molecule has 3 aromatic heterocycles. The van der Waals surface area contributed by atoms with Crippen LogP contribution in [0.5, 0.6) is 0 Å². The molecule has 126 valence electrons. The second-order valence-corrected chi connectivity index (χ2v) is 5.68. The van der Waals surface area contributed by atoms with Crippen LogP contribution in [0.25, 0.3) is 22.8 Å². The van der Waals surface area contributed by atoms with Crippen LogP contribution in [0.1, 0.15) is 5.82 Å². The maximum atomic E-state index is 5.38. The van der Waals surface area contributed by atoms with Gasteiger partial charge in [0.15, 0.2) is 6.29 Å². The van der Waals surface area contributed by atoms with Crippen LogP contribution in [0.2, 0.25) is 0 Å². The molecule has 8 nitrogen and oxygen atoms in total. The SMILES string of the molecule is COC(CNc1nc(C)ncc1-c1nc(-c2ccsc2)no1)OC. The summed E-state index contributed by atoms with van der Waals surface area (Å²) in [6, 6.07) is 1.94. The van der Waals surface area contributed by atoms with Crippen LogP contribution in [-0.4, -0.2) is 47.2 Å². The van der Waals surface area contributed by atoms with Crippen LogP contribution in [0.4, 0.5) is 5.82 Å². The largest absolute Gasteiger partial charge is 0.364 e. The second kappa shape index (κ2) is 7.47. The van der Waals surface area contributed by atoms with E-state index in [0.717, 1.165) is 5.56 Å². The van der Waals surface area contributed by atoms with Gasteiger partial charge in [-0.1, -0.05) is 5.16 Å². The average Bonchev–Trinajstić information content (AvgIpc) is 3.27. The molecule has 3 aromatic rings. The van der Waals surface area contributed by atoms with E-state index in [2.05, 4.69) is 25.4 Å². The molecule has 0 aliphatic carbocycles. The quantitative estimate of drug-likeness (QED) is 0.652. The number of anilines is 1. The molecule has 0 aliphatic heterocycles. The number of nitrogens with one attached hydrogen (secondary N) is 1. The Morgan fingerprint density at radius 1 is 1.29 bits per heavy atom. The highest BCUT2D eigenvalue weighted by molar-refractivity contribution is 7.08. The molecule has 0 saturated heterocycles. The van der Waals surface area contributed by atoms with E-state index in [1.807, 2.05) is 23.8 Å². The second-order valence-electron chi connectivity index (χ2n) is 4.90. The van der Waals surface area contributed by atoms with Gasteiger partial charge in [-0.2, -0.15) is 16.3 Å². The van der Waals surface area contributed by atoms with Gasteiger partial charge in [0.2, 0.25) is 5.82 Å². The Morgan fingerprint density at radius 3 is 2.83 bits per heavy atom. The smallest absolute Gasteiger partial charge is 0.263 e. The Balaban J connectivity index is 1.87. The molecule has 0 saturated carbocycles. The van der Waals surface area contributed by atoms with Gasteiger partial charge >= 0.3 is 0 Å². The molecule has 0 aliphatic rings. The molecule has 0 spiro atoms. The van der Waals surface area contributed by atoms with Crippen molar-refractivity contribution in [3.8, 4) is 22.8 Å². The zero-order valence-corrected chi connectivity index (χ0v) is 14.3. The van der Waals surface area contributed by atoms with Crippen LogP contribution in [0, 0.1) is 6.92 Å². The first-order valence-electron chi connectivity index (χ1n) is 7.21. The third-order valence-electron chi connectivity index (χ3n) is 3.31. The third kappa shape index (κ3) is 3.58. The van der Waals surface area contributed by atoms with Gasteiger partial charge in [-0.05, 0) is 18.4 Å². The zero-order valence-electron chi connectivity index (χ0n) is 13.5. The minimum absolute atomic E-state index is 0.352. The molecular weight excluding hydrogens is 330 g/mol. The van der Waals surface area contributed by atoms with E-state index in [9.17, 15) is 0 Å². The lowest BCUT2D eigenvalue weighted by Crippen LogP contribution is -2.24. The number of methoxy groups -OCH3 is 2. The Morgan fingerprint density at radius 2 is 2.12 bits per heavy atom. The summed E-state index contributed by atoms with van der Waals surface area (Å²) in [5, 5.41) is 11.1. The van der Waals surface area contributed by atoms with Gasteiger partial charge in [0.1, 0.15) is 17.2 Å². The van der Waals surface area contributed by atoms with Crippen LogP contribution >= 0.6 is 11.3 Å². The highest BCUT2D eigenvalue weighted by Crippen LogP contribution is 2.27. The number of thiophene rings is 1. The van der Waals surface area contributed by atoms with E-state index >= 15 is 0 Å². The Labute approximate surface area is 142 Å². The average molecular weight is 347 g/mol. The summed E-state index contributed by atoms with van der Waals surface area (Å²) in [6.45, 7) is 2.23. The van der Waals surface area contributed by atoms with E-state index in [1.54, 1.807) is 31.8 Å². The number of nitrogens with zero attached hydrogens (tertiary/aromatic N) is 4. The van der Waals surface area contributed by atoms with Crippen molar-refractivity contribution in [1.29, 1.82) is 0 Å². The summed E-state index contributed by atoms with van der Waals surface area (Å²) < 4.78 is 15.7. The molecule has 0 atom stereocenters. The van der Waals surface area contributed by atoms with Crippen LogP contribution < -0.4 is 5.32 Å². The zero-order chi connectivity index (χ0) is 16.9. The first-order chi connectivity index (χ1) is 11.7. The minimum Gasteiger partial charge on any atom is -0.364 e. The highest BCUT2D eigenvalue weighted by Gasteiger charge is 2.17. The van der Waals surface area contributed by atoms with Crippen molar-refractivity contribution < 1.29 is 14.0 Å². The molecule has 9 heteroatoms. The fourth-order valence-corrected chi connectivity index (χ4v) is 2.68. The van der Waals surface area contributed by atoms with Crippen molar-refractivity contribution in [2.75, 3.05) is 26.1 Å². The van der Waals surface area contributed by atoms with E-state index in [0.29, 0.717) is 35.5 Å². The number of ether oxygens (including phenoxy) is 2. The van der Waals surface area contributed by atoms with Gasteiger partial charge in [0.25, 0.3) is 5.89 Å². The van der Waals surface area contributed by atoms with Gasteiger partial charge in [-0.25, -0.2) is 9.97 Å². The lowest BCUT2D eigenvalue weighted by Gasteiger charge is -2.15. The summed E-state index contributed by atoms with van der Waals surface area (Å²) in [7, 11) is 3.15. The van der Waals surface area contributed by atoms with Crippen molar-refractivity contribution >= 4 is 17.2 Å². The number of hydrogen-bond acceptors (Lipinski definition) is 9. The number of rotatable bonds is 7. The molecule has 3 heterocycles. The molecule has 24 heavy (non-hydrogen) atoms. The molecule has 0 radical (unpaired) electrons. The fraction of sp³-hybridized carbons (Fsp3) is 0.333. The van der Waals surface area contributed by atoms with Crippen molar-refractivity contribution in [3.05, 3.63) is 28.8 Å². The number of aryl methyl sites for hydroxylation is 1. The molecule has 0 aromatic carbocycles. The van der Waals surface area contributed by atoms with Crippen LogP contribution in [0.15, 0.2) is 27.5 Å². The fourth-order valence-electron chi connectivity index (χ4n) is 2.05. The van der Waals surface area contributed by atoms with Crippen molar-refractivity contribution in [3.63, 3.8) is 0 Å². The van der Waals surface area contributed by atoms with E-state index in [1.165, 1.54) is 0 Å². The molecule has 3 rings (SSSR count). The van der Waals surface area contributed by atoms with Gasteiger partial charge in [0.05, 0.1) is 6.54 Å². The first-order valence-corrected chi connectivity index (χ1v) is 8.15. The maximum Gasteiger partial charge on any atom is 0.263 e. The number of hydrogen-bond donors (Lipinski definition) is 1. The van der Waals surface area contributed by atoms with Gasteiger partial charge in [-0.15, -0.1) is 0 Å². The molecular formula is C15H17N5O3S. The molecule has 0 bridgehead atoms. The normalized spacial score (nSPS) is 11.2. The van der Waals surface area contributed by atoms with Crippen molar-refractivity contribution in [2.24, 2.45) is 0 Å². The molecule has 0 fully saturated rings. The van der Waals surface area contributed by atoms with Crippen LogP contribution in [-0.2, 0) is 9.47 Å². The first kappa shape index (κ1) is 16.5. The topological polar surface area (TPSA) is 95.2 Å². The summed E-state index contributed by atoms with van der Waals surface area (Å²) in [5.41, 5.74) is 1.54. The molecule has 0 amide bonds. The number of aromatic nitrogens is 4. The predicted molar refractivity (Wildman–Crippen MR) is 89.7 cm³/mol. The maximum absolute atomic E-state index is 5.38. The van der Waals surface area contributed by atoms with E-state index < -0.39 is 6.29 Å². The standard InChI is InChI=1S/C15H17N5O3S/c1-9-16-6-11(14(18-9)17-7-12(21-2)22-3)15-19-13(20-23-15)10-4-5-24-8-10/h4-6,8,12H,7H2,1-3H3,(H,16,17,18). The lowest BCUT2D eigenvalue weighted by molar-refractivity contribution is -0.0914. The molecule has 1 N–H and O–H groups in total. The van der Waals surface area contributed by atoms with Gasteiger partial charge < -0.3 is 19.3 Å². The predicted octanol–water partition coefficient (Wildman–Crippen LogP) is 2.59. The van der Waals surface area contributed by atoms with Gasteiger partial charge in [-0.3, -0.25) is 0 Å². The molecule has 0 unspecified atom stereocenters. The van der Waals surface area contributed by atoms with Gasteiger partial charge in [0, 0.05) is 31.4 Å². The summed E-state index contributed by atoms with van der Waals surface area (Å²) in [4.78, 5) is 13.0. The Hall–Kier alpha value is -2.36. The monoisotopic (exact) mass is 347 g/mol. The summed E-state index contributed by atoms with van der Waals surface area (Å²) >= 11 is 1.57. The summed E-state index contributed by atoms with van der Waals surface area (Å²) in [6.07, 6.45) is 1.27. The summed E-state index contributed by atoms with van der Waals surface area (Å²) in [5.74, 6) is 2.10. The minimum atomic E-state index is -0.392. The van der Waals surface area contributed by atoms with E-state index in [-0.39, 0.29) is 0 Å². The lowest BCUT2D eigenvalue weighted by atomic mass is 10.3. The highest BCUT2D eigenvalue weighted by atomic mass is 32.1. The Kier molecular flexibility index (Phi) is 5.14. The third-order valence-corrected chi connectivity index (χ3v) is 3.99. The van der Waals surface area contributed by atoms with Crippen molar-refractivity contribution in [2.45, 2.75) is 13.2 Å². The van der Waals surface area contributed by atoms with Crippen LogP contribution in [0.3, 0.4) is 0 Å². The Bertz CT molecular complexity index is 786. The van der Waals surface area contributed by atoms with E-state index in [4.69, 9.17) is 14.0 Å².